The summed E-state index contributed by atoms with van der Waals surface area (Å²) in [7, 11) is -3.19. The van der Waals surface area contributed by atoms with Crippen molar-refractivity contribution in [3.8, 4) is 0 Å². The van der Waals surface area contributed by atoms with E-state index in [0.29, 0.717) is 15.7 Å². The topological polar surface area (TPSA) is 60.2 Å². The van der Waals surface area contributed by atoms with Gasteiger partial charge in [0, 0.05) is 21.7 Å². The fourth-order valence-corrected chi connectivity index (χ4v) is 3.42. The molecule has 0 aliphatic carbocycles. The quantitative estimate of drug-likeness (QED) is 0.848. The van der Waals surface area contributed by atoms with Gasteiger partial charge < -0.3 is 5.73 Å². The minimum atomic E-state index is -3.19. The van der Waals surface area contributed by atoms with Crippen molar-refractivity contribution in [1.29, 1.82) is 0 Å². The van der Waals surface area contributed by atoms with Gasteiger partial charge in [-0.05, 0) is 36.4 Å². The second kappa shape index (κ2) is 5.85. The molecule has 0 saturated carbocycles. The van der Waals surface area contributed by atoms with E-state index >= 15 is 0 Å². The summed E-state index contributed by atoms with van der Waals surface area (Å²) in [5.41, 5.74) is 6.40. The van der Waals surface area contributed by atoms with E-state index in [0.717, 1.165) is 9.79 Å². The molecule has 0 unspecified atom stereocenters. The lowest BCUT2D eigenvalue weighted by atomic mass is 10.3. The van der Waals surface area contributed by atoms with E-state index in [-0.39, 0.29) is 4.90 Å². The van der Waals surface area contributed by atoms with Crippen LogP contribution in [0.1, 0.15) is 0 Å². The first-order valence-electron chi connectivity index (χ1n) is 5.50. The molecule has 0 bridgehead atoms. The van der Waals surface area contributed by atoms with E-state index in [9.17, 15) is 8.42 Å². The third-order valence-corrected chi connectivity index (χ3v) is 5.46. The van der Waals surface area contributed by atoms with Gasteiger partial charge in [0.05, 0.1) is 14.9 Å². The summed E-state index contributed by atoms with van der Waals surface area (Å²) in [4.78, 5) is 1.91. The molecular formula is C13H11Cl2NO2S2. The Balaban J connectivity index is 2.29. The normalized spacial score (nSPS) is 11.6. The molecule has 0 saturated heterocycles. The Bertz CT molecular complexity index is 744. The molecule has 0 aromatic heterocycles. The highest BCUT2D eigenvalue weighted by Crippen LogP contribution is 2.37. The van der Waals surface area contributed by atoms with Gasteiger partial charge in [-0.2, -0.15) is 0 Å². The molecule has 2 aromatic rings. The molecule has 0 atom stereocenters. The number of sulfone groups is 1. The fraction of sp³-hybridized carbons (Fsp3) is 0.0769. The van der Waals surface area contributed by atoms with Gasteiger partial charge in [0.1, 0.15) is 0 Å². The number of hydrogen-bond acceptors (Lipinski definition) is 4. The molecule has 20 heavy (non-hydrogen) atoms. The minimum Gasteiger partial charge on any atom is -0.398 e. The smallest absolute Gasteiger partial charge is 0.175 e. The van der Waals surface area contributed by atoms with Crippen LogP contribution in [0.5, 0.6) is 0 Å². The summed E-state index contributed by atoms with van der Waals surface area (Å²) in [6, 6.07) is 9.86. The van der Waals surface area contributed by atoms with Gasteiger partial charge >= 0.3 is 0 Å². The van der Waals surface area contributed by atoms with Crippen LogP contribution in [-0.2, 0) is 9.84 Å². The van der Waals surface area contributed by atoms with Crippen molar-refractivity contribution >= 4 is 50.5 Å². The fourth-order valence-electron chi connectivity index (χ4n) is 1.51. The van der Waals surface area contributed by atoms with Gasteiger partial charge in [-0.15, -0.1) is 0 Å². The Morgan fingerprint density at radius 3 is 2.15 bits per heavy atom. The Morgan fingerprint density at radius 1 is 1.05 bits per heavy atom. The Kier molecular flexibility index (Phi) is 4.54. The van der Waals surface area contributed by atoms with Gasteiger partial charge in [0.25, 0.3) is 0 Å². The highest BCUT2D eigenvalue weighted by Gasteiger charge is 2.09. The first-order valence-corrected chi connectivity index (χ1v) is 8.96. The maximum Gasteiger partial charge on any atom is 0.175 e. The molecule has 2 N–H and O–H groups in total. The number of anilines is 1. The number of hydrogen-bond donors (Lipinski definition) is 1. The summed E-state index contributed by atoms with van der Waals surface area (Å²) >= 11 is 13.2. The van der Waals surface area contributed by atoms with Crippen molar-refractivity contribution in [3.05, 3.63) is 46.4 Å². The first-order chi connectivity index (χ1) is 9.27. The predicted octanol–water partition coefficient (Wildman–Crippen LogP) is 4.13. The van der Waals surface area contributed by atoms with E-state index < -0.39 is 9.84 Å². The van der Waals surface area contributed by atoms with E-state index in [1.165, 1.54) is 18.0 Å². The standard InChI is InChI=1S/C13H11Cl2NO2S2/c1-20(17,18)9-4-2-8(3-5-9)19-13-7-11(15)10(14)6-12(13)16/h2-7H,16H2,1H3. The summed E-state index contributed by atoms with van der Waals surface area (Å²) in [6.07, 6.45) is 1.17. The van der Waals surface area contributed by atoms with Gasteiger partial charge in [0.2, 0.25) is 0 Å². The van der Waals surface area contributed by atoms with Crippen LogP contribution in [0.3, 0.4) is 0 Å². The molecule has 2 aromatic carbocycles. The third kappa shape index (κ3) is 3.61. The molecule has 7 heteroatoms. The zero-order valence-corrected chi connectivity index (χ0v) is 13.6. The number of nitrogen functional groups attached to an aromatic ring is 1. The molecule has 2 rings (SSSR count). The van der Waals surface area contributed by atoms with Crippen molar-refractivity contribution in [3.63, 3.8) is 0 Å². The van der Waals surface area contributed by atoms with Crippen LogP contribution in [0.4, 0.5) is 5.69 Å². The van der Waals surface area contributed by atoms with E-state index in [1.54, 1.807) is 36.4 Å². The Morgan fingerprint density at radius 2 is 1.60 bits per heavy atom. The Hall–Kier alpha value is -0.880. The van der Waals surface area contributed by atoms with Crippen molar-refractivity contribution < 1.29 is 8.42 Å². The van der Waals surface area contributed by atoms with Gasteiger partial charge in [-0.3, -0.25) is 0 Å². The van der Waals surface area contributed by atoms with Gasteiger partial charge in [-0.1, -0.05) is 35.0 Å². The maximum absolute atomic E-state index is 11.4. The molecule has 0 radical (unpaired) electrons. The highest BCUT2D eigenvalue weighted by molar-refractivity contribution is 7.99. The molecule has 106 valence electrons. The molecule has 0 aliphatic rings. The molecule has 0 amide bonds. The SMILES string of the molecule is CS(=O)(=O)c1ccc(Sc2cc(Cl)c(Cl)cc2N)cc1. The second-order valence-corrected chi connectivity index (χ2v) is 8.10. The average Bonchev–Trinajstić information content (AvgIpc) is 2.35. The van der Waals surface area contributed by atoms with Gasteiger partial charge in [0.15, 0.2) is 9.84 Å². The molecule has 0 aliphatic heterocycles. The maximum atomic E-state index is 11.4. The summed E-state index contributed by atoms with van der Waals surface area (Å²) in [5.74, 6) is 0. The van der Waals surface area contributed by atoms with E-state index in [4.69, 9.17) is 28.9 Å². The highest BCUT2D eigenvalue weighted by atomic mass is 35.5. The third-order valence-electron chi connectivity index (χ3n) is 2.53. The number of halogens is 2. The lowest BCUT2D eigenvalue weighted by Gasteiger charge is -2.08. The first kappa shape index (κ1) is 15.5. The zero-order chi connectivity index (χ0) is 14.9. The number of nitrogens with two attached hydrogens (primary N) is 1. The van der Waals surface area contributed by atoms with Crippen molar-refractivity contribution in [2.75, 3.05) is 12.0 Å². The van der Waals surface area contributed by atoms with E-state index in [1.807, 2.05) is 0 Å². The van der Waals surface area contributed by atoms with Crippen molar-refractivity contribution in [2.24, 2.45) is 0 Å². The Labute approximate surface area is 132 Å². The van der Waals surface area contributed by atoms with Crippen molar-refractivity contribution in [2.45, 2.75) is 14.7 Å². The van der Waals surface area contributed by atoms with Crippen LogP contribution in [0.2, 0.25) is 10.0 Å². The summed E-state index contributed by atoms with van der Waals surface area (Å²) < 4.78 is 22.8. The molecule has 0 heterocycles. The number of rotatable bonds is 3. The van der Waals surface area contributed by atoms with Crippen LogP contribution in [0, 0.1) is 0 Å². The van der Waals surface area contributed by atoms with Crippen LogP contribution < -0.4 is 5.73 Å². The monoisotopic (exact) mass is 347 g/mol. The minimum absolute atomic E-state index is 0.281. The van der Waals surface area contributed by atoms with Crippen LogP contribution in [-0.4, -0.2) is 14.7 Å². The lowest BCUT2D eigenvalue weighted by molar-refractivity contribution is 0.602. The summed E-state index contributed by atoms with van der Waals surface area (Å²) in [5, 5.41) is 0.831. The number of benzene rings is 2. The van der Waals surface area contributed by atoms with Crippen LogP contribution in [0.25, 0.3) is 0 Å². The van der Waals surface area contributed by atoms with Crippen LogP contribution in [0.15, 0.2) is 51.1 Å². The van der Waals surface area contributed by atoms with Gasteiger partial charge in [-0.25, -0.2) is 8.42 Å². The largest absolute Gasteiger partial charge is 0.398 e. The summed E-state index contributed by atoms with van der Waals surface area (Å²) in [6.45, 7) is 0. The molecule has 0 spiro atoms. The predicted molar refractivity (Wildman–Crippen MR) is 84.5 cm³/mol. The van der Waals surface area contributed by atoms with E-state index in [2.05, 4.69) is 0 Å². The lowest BCUT2D eigenvalue weighted by Crippen LogP contribution is -1.96. The van der Waals surface area contributed by atoms with Crippen LogP contribution >= 0.6 is 35.0 Å². The van der Waals surface area contributed by atoms with Crippen molar-refractivity contribution in [1.82, 2.24) is 0 Å². The molecule has 3 nitrogen and oxygen atoms in total. The average molecular weight is 348 g/mol. The molecular weight excluding hydrogens is 337 g/mol. The molecule has 0 fully saturated rings. The second-order valence-electron chi connectivity index (χ2n) is 4.15. The zero-order valence-electron chi connectivity index (χ0n) is 10.4.